The van der Waals surface area contributed by atoms with Crippen LogP contribution in [0, 0.1) is 30.6 Å². The molecule has 1 aromatic heterocycles. The third-order valence-corrected chi connectivity index (χ3v) is 5.23. The van der Waals surface area contributed by atoms with Crippen LogP contribution in [0.3, 0.4) is 0 Å². The highest BCUT2D eigenvalue weighted by atomic mass is 15.2. The van der Waals surface area contributed by atoms with E-state index < -0.39 is 0 Å². The first-order valence-electron chi connectivity index (χ1n) is 7.77. The molecule has 1 saturated carbocycles. The fraction of sp³-hybridized carbons (Fsp3) is 0.647. The molecule has 0 unspecified atom stereocenters. The lowest BCUT2D eigenvalue weighted by Gasteiger charge is -2.40. The molecule has 2 heterocycles. The molecule has 3 nitrogen and oxygen atoms in total. The highest BCUT2D eigenvalue weighted by Crippen LogP contribution is 2.46. The zero-order valence-electron chi connectivity index (χ0n) is 12.6. The largest absolute Gasteiger partial charge is 0.355 e. The Hall–Kier alpha value is -1.56. The first-order chi connectivity index (χ1) is 9.63. The molecule has 0 amide bonds. The van der Waals surface area contributed by atoms with Crippen LogP contribution in [-0.2, 0) is 0 Å². The van der Waals surface area contributed by atoms with Gasteiger partial charge in [0.25, 0.3) is 0 Å². The Morgan fingerprint density at radius 2 is 1.80 bits per heavy atom. The van der Waals surface area contributed by atoms with Crippen LogP contribution >= 0.6 is 0 Å². The molecule has 1 aliphatic carbocycles. The molecule has 1 aromatic rings. The van der Waals surface area contributed by atoms with Gasteiger partial charge in [-0.2, -0.15) is 5.26 Å². The van der Waals surface area contributed by atoms with Gasteiger partial charge in [0.05, 0.1) is 5.56 Å². The van der Waals surface area contributed by atoms with Gasteiger partial charge in [-0.15, -0.1) is 0 Å². The molecule has 1 saturated heterocycles. The second kappa shape index (κ2) is 5.09. The van der Waals surface area contributed by atoms with E-state index >= 15 is 0 Å². The lowest BCUT2D eigenvalue weighted by molar-refractivity contribution is 0.226. The molecule has 0 aromatic carbocycles. The summed E-state index contributed by atoms with van der Waals surface area (Å²) < 4.78 is 0. The average Bonchev–Trinajstić information content (AvgIpc) is 2.87. The van der Waals surface area contributed by atoms with E-state index in [1.165, 1.54) is 38.5 Å². The van der Waals surface area contributed by atoms with Gasteiger partial charge in [0, 0.05) is 18.8 Å². The van der Waals surface area contributed by atoms with Crippen LogP contribution in [0.15, 0.2) is 6.07 Å². The highest BCUT2D eigenvalue weighted by Gasteiger charge is 2.37. The van der Waals surface area contributed by atoms with Crippen LogP contribution in [-0.4, -0.2) is 18.1 Å². The molecule has 1 aliphatic heterocycles. The molecule has 0 atom stereocenters. The molecular formula is C17H23N3. The van der Waals surface area contributed by atoms with E-state index in [0.717, 1.165) is 35.7 Å². The molecular weight excluding hydrogens is 246 g/mol. The smallest absolute Gasteiger partial charge is 0.147 e. The number of anilines is 1. The molecule has 1 spiro atoms. The molecule has 3 rings (SSSR count). The van der Waals surface area contributed by atoms with Crippen LogP contribution in [0.4, 0.5) is 5.82 Å². The summed E-state index contributed by atoms with van der Waals surface area (Å²) in [4.78, 5) is 6.98. The predicted molar refractivity (Wildman–Crippen MR) is 80.8 cm³/mol. The van der Waals surface area contributed by atoms with E-state index in [2.05, 4.69) is 16.0 Å². The second-order valence-corrected chi connectivity index (χ2v) is 6.59. The standard InChI is InChI=1S/C17H23N3/c1-13-11-14(2)19-16(15(13)12-18)20-9-7-17(8-10-20)5-3-4-6-17/h11H,3-10H2,1-2H3. The maximum atomic E-state index is 9.41. The lowest BCUT2D eigenvalue weighted by atomic mass is 9.77. The van der Waals surface area contributed by atoms with Crippen LogP contribution in [0.5, 0.6) is 0 Å². The van der Waals surface area contributed by atoms with Gasteiger partial charge in [-0.3, -0.25) is 0 Å². The van der Waals surface area contributed by atoms with Crippen LogP contribution < -0.4 is 4.90 Å². The molecule has 3 heteroatoms. The van der Waals surface area contributed by atoms with Crippen molar-refractivity contribution in [2.75, 3.05) is 18.0 Å². The summed E-state index contributed by atoms with van der Waals surface area (Å²) >= 11 is 0. The average molecular weight is 269 g/mol. The Morgan fingerprint density at radius 1 is 1.15 bits per heavy atom. The van der Waals surface area contributed by atoms with E-state index in [1.54, 1.807) is 0 Å². The number of piperidine rings is 1. The number of pyridine rings is 1. The molecule has 0 bridgehead atoms. The zero-order chi connectivity index (χ0) is 14.2. The van der Waals surface area contributed by atoms with Gasteiger partial charge in [-0.05, 0) is 56.6 Å². The number of hydrogen-bond acceptors (Lipinski definition) is 3. The van der Waals surface area contributed by atoms with Crippen LogP contribution in [0.1, 0.15) is 55.3 Å². The molecule has 20 heavy (non-hydrogen) atoms. The number of nitrogens with zero attached hydrogens (tertiary/aromatic N) is 3. The third-order valence-electron chi connectivity index (χ3n) is 5.23. The summed E-state index contributed by atoms with van der Waals surface area (Å²) in [6.45, 7) is 6.15. The maximum Gasteiger partial charge on any atom is 0.147 e. The van der Waals surface area contributed by atoms with E-state index in [1.807, 2.05) is 19.9 Å². The molecule has 2 aliphatic rings. The third kappa shape index (κ3) is 2.28. The molecule has 0 radical (unpaired) electrons. The maximum absolute atomic E-state index is 9.41. The summed E-state index contributed by atoms with van der Waals surface area (Å²) in [5.41, 5.74) is 3.44. The molecule has 0 N–H and O–H groups in total. The van der Waals surface area contributed by atoms with Gasteiger partial charge in [0.2, 0.25) is 0 Å². The summed E-state index contributed by atoms with van der Waals surface area (Å²) in [5, 5.41) is 9.41. The van der Waals surface area contributed by atoms with Gasteiger partial charge in [-0.25, -0.2) is 4.98 Å². The Kier molecular flexibility index (Phi) is 3.41. The van der Waals surface area contributed by atoms with Crippen molar-refractivity contribution in [2.24, 2.45) is 5.41 Å². The summed E-state index contributed by atoms with van der Waals surface area (Å²) in [6, 6.07) is 4.35. The normalized spacial score (nSPS) is 21.1. The first kappa shape index (κ1) is 13.4. The summed E-state index contributed by atoms with van der Waals surface area (Å²) in [7, 11) is 0. The van der Waals surface area contributed by atoms with Crippen molar-refractivity contribution in [3.63, 3.8) is 0 Å². The minimum absolute atomic E-state index is 0.613. The fourth-order valence-electron chi connectivity index (χ4n) is 4.00. The van der Waals surface area contributed by atoms with Crippen molar-refractivity contribution < 1.29 is 0 Å². The van der Waals surface area contributed by atoms with Crippen molar-refractivity contribution >= 4 is 5.82 Å². The summed E-state index contributed by atoms with van der Waals surface area (Å²) in [5.74, 6) is 0.915. The van der Waals surface area contributed by atoms with Gasteiger partial charge in [-0.1, -0.05) is 12.8 Å². The van der Waals surface area contributed by atoms with Crippen LogP contribution in [0.25, 0.3) is 0 Å². The number of aryl methyl sites for hydroxylation is 2. The number of aromatic nitrogens is 1. The SMILES string of the molecule is Cc1cc(C)c(C#N)c(N2CCC3(CCCC3)CC2)n1. The fourth-order valence-corrected chi connectivity index (χ4v) is 4.00. The van der Waals surface area contributed by atoms with Crippen LogP contribution in [0.2, 0.25) is 0 Å². The van der Waals surface area contributed by atoms with Crippen molar-refractivity contribution in [2.45, 2.75) is 52.4 Å². The Balaban J connectivity index is 1.83. The quantitative estimate of drug-likeness (QED) is 0.780. The van der Waals surface area contributed by atoms with Crippen molar-refractivity contribution in [3.8, 4) is 6.07 Å². The Bertz CT molecular complexity index is 540. The summed E-state index contributed by atoms with van der Waals surface area (Å²) in [6.07, 6.45) is 8.17. The number of hydrogen-bond donors (Lipinski definition) is 0. The Morgan fingerprint density at radius 3 is 2.40 bits per heavy atom. The van der Waals surface area contributed by atoms with E-state index in [-0.39, 0.29) is 0 Å². The minimum Gasteiger partial charge on any atom is -0.355 e. The minimum atomic E-state index is 0.613. The van der Waals surface area contributed by atoms with Crippen molar-refractivity contribution in [3.05, 3.63) is 22.9 Å². The van der Waals surface area contributed by atoms with E-state index in [9.17, 15) is 5.26 Å². The number of rotatable bonds is 1. The van der Waals surface area contributed by atoms with E-state index in [4.69, 9.17) is 0 Å². The molecule has 106 valence electrons. The number of nitriles is 1. The monoisotopic (exact) mass is 269 g/mol. The second-order valence-electron chi connectivity index (χ2n) is 6.59. The van der Waals surface area contributed by atoms with Gasteiger partial charge < -0.3 is 4.90 Å². The van der Waals surface area contributed by atoms with Crippen molar-refractivity contribution in [1.29, 1.82) is 5.26 Å². The van der Waals surface area contributed by atoms with E-state index in [0.29, 0.717) is 5.41 Å². The predicted octanol–water partition coefficient (Wildman–Crippen LogP) is 3.73. The van der Waals surface area contributed by atoms with Gasteiger partial charge >= 0.3 is 0 Å². The Labute approximate surface area is 121 Å². The topological polar surface area (TPSA) is 39.9 Å². The lowest BCUT2D eigenvalue weighted by Crippen LogP contribution is -2.39. The zero-order valence-corrected chi connectivity index (χ0v) is 12.6. The molecule has 2 fully saturated rings. The highest BCUT2D eigenvalue weighted by molar-refractivity contribution is 5.58. The van der Waals surface area contributed by atoms with Gasteiger partial charge in [0.1, 0.15) is 11.9 Å². The van der Waals surface area contributed by atoms with Crippen molar-refractivity contribution in [1.82, 2.24) is 4.98 Å². The van der Waals surface area contributed by atoms with Gasteiger partial charge in [0.15, 0.2) is 0 Å². The first-order valence-corrected chi connectivity index (χ1v) is 7.77.